The van der Waals surface area contributed by atoms with Crippen LogP contribution in [0.2, 0.25) is 0 Å². The minimum atomic E-state index is 0.0232. The number of hydrogen-bond donors (Lipinski definition) is 0. The van der Waals surface area contributed by atoms with Crippen LogP contribution in [0.5, 0.6) is 0 Å². The van der Waals surface area contributed by atoms with E-state index in [4.69, 9.17) is 0 Å². The van der Waals surface area contributed by atoms with Gasteiger partial charge in [0.05, 0.1) is 0 Å². The van der Waals surface area contributed by atoms with Gasteiger partial charge in [-0.1, -0.05) is 30.4 Å². The fraction of sp³-hybridized carbons (Fsp3) is 0.222. The van der Waals surface area contributed by atoms with E-state index in [1.54, 1.807) is 34.7 Å². The number of carbonyl (C=O) groups excluding carboxylic acids is 1. The van der Waals surface area contributed by atoms with Gasteiger partial charge in [0.25, 0.3) is 0 Å². The van der Waals surface area contributed by atoms with Crippen molar-refractivity contribution in [3.8, 4) is 0 Å². The Morgan fingerprint density at radius 2 is 1.91 bits per heavy atom. The molecule has 0 aliphatic carbocycles. The fourth-order valence-corrected chi connectivity index (χ4v) is 0.870. The molecular weight excluding hydrogens is 251 g/mol. The summed E-state index contributed by atoms with van der Waals surface area (Å²) in [6, 6.07) is 0. The number of hydrogen-bond acceptors (Lipinski definition) is 1. The van der Waals surface area contributed by atoms with Gasteiger partial charge in [-0.2, -0.15) is 0 Å². The Hall–Kier alpha value is -0.380. The molecular formula is C9H11IO. The maximum Gasteiger partial charge on any atom is 0.222 e. The monoisotopic (exact) mass is 262 g/mol. The van der Waals surface area contributed by atoms with Crippen LogP contribution in [-0.2, 0) is 4.79 Å². The Morgan fingerprint density at radius 3 is 2.18 bits per heavy atom. The molecule has 0 bridgehead atoms. The van der Waals surface area contributed by atoms with Crippen molar-refractivity contribution in [2.75, 3.05) is 0 Å². The molecule has 2 heteroatoms. The standard InChI is InChI=1S/C9H11IO/c1-4-8(9(10)11)6-5-7(2)3/h4-6H,1H2,2-3H3/b8-6+. The average Bonchev–Trinajstić information content (AvgIpc) is 1.87. The second-order valence-corrected chi connectivity index (χ2v) is 3.32. The van der Waals surface area contributed by atoms with E-state index in [1.165, 1.54) is 5.57 Å². The summed E-state index contributed by atoms with van der Waals surface area (Å²) < 4.78 is 0.0232. The molecule has 60 valence electrons. The highest BCUT2D eigenvalue weighted by atomic mass is 127. The summed E-state index contributed by atoms with van der Waals surface area (Å²) in [7, 11) is 0. The number of halogens is 1. The highest BCUT2D eigenvalue weighted by Crippen LogP contribution is 2.05. The maximum atomic E-state index is 10.8. The molecule has 0 saturated heterocycles. The molecule has 0 unspecified atom stereocenters. The molecule has 0 aromatic rings. The first-order valence-electron chi connectivity index (χ1n) is 3.25. The van der Waals surface area contributed by atoms with Crippen LogP contribution < -0.4 is 0 Å². The number of allylic oxidation sites excluding steroid dienone is 5. The van der Waals surface area contributed by atoms with Crippen LogP contribution >= 0.6 is 22.6 Å². The first-order chi connectivity index (χ1) is 5.07. The van der Waals surface area contributed by atoms with Crippen molar-refractivity contribution < 1.29 is 4.79 Å². The van der Waals surface area contributed by atoms with Crippen molar-refractivity contribution >= 4 is 26.4 Å². The van der Waals surface area contributed by atoms with E-state index >= 15 is 0 Å². The highest BCUT2D eigenvalue weighted by molar-refractivity contribution is 14.1. The summed E-state index contributed by atoms with van der Waals surface area (Å²) in [6.45, 7) is 7.50. The van der Waals surface area contributed by atoms with E-state index in [-0.39, 0.29) is 3.79 Å². The van der Waals surface area contributed by atoms with Crippen molar-refractivity contribution in [1.82, 2.24) is 0 Å². The third kappa shape index (κ3) is 4.95. The van der Waals surface area contributed by atoms with Crippen LogP contribution in [0.4, 0.5) is 0 Å². The first-order valence-corrected chi connectivity index (χ1v) is 4.33. The highest BCUT2D eigenvalue weighted by Gasteiger charge is 1.96. The van der Waals surface area contributed by atoms with Crippen LogP contribution in [0.1, 0.15) is 13.8 Å². The maximum absolute atomic E-state index is 10.8. The normalized spacial score (nSPS) is 10.6. The summed E-state index contributed by atoms with van der Waals surface area (Å²) in [4.78, 5) is 10.8. The Kier molecular flexibility index (Phi) is 5.11. The SMILES string of the molecule is C=C/C(=C\C=C(C)C)C(=O)I. The van der Waals surface area contributed by atoms with E-state index in [2.05, 4.69) is 6.58 Å². The molecule has 0 aromatic carbocycles. The van der Waals surface area contributed by atoms with E-state index in [9.17, 15) is 4.79 Å². The molecule has 0 N–H and O–H groups in total. The summed E-state index contributed by atoms with van der Waals surface area (Å²) in [5.74, 6) is 0. The molecule has 0 amide bonds. The molecule has 0 heterocycles. The van der Waals surface area contributed by atoms with Crippen LogP contribution in [0.25, 0.3) is 0 Å². The minimum Gasteiger partial charge on any atom is -0.282 e. The number of carbonyl (C=O) groups is 1. The fourth-order valence-electron chi connectivity index (χ4n) is 0.470. The molecule has 0 rings (SSSR count). The van der Waals surface area contributed by atoms with Gasteiger partial charge in [-0.15, -0.1) is 0 Å². The zero-order chi connectivity index (χ0) is 8.85. The molecule has 11 heavy (non-hydrogen) atoms. The molecule has 0 aliphatic heterocycles. The van der Waals surface area contributed by atoms with Crippen molar-refractivity contribution in [3.63, 3.8) is 0 Å². The Bertz CT molecular complexity index is 220. The van der Waals surface area contributed by atoms with Gasteiger partial charge in [-0.3, -0.25) is 4.79 Å². The van der Waals surface area contributed by atoms with Gasteiger partial charge in [-0.05, 0) is 13.8 Å². The summed E-state index contributed by atoms with van der Waals surface area (Å²) in [6.07, 6.45) is 5.24. The zero-order valence-electron chi connectivity index (χ0n) is 6.73. The molecule has 0 aliphatic rings. The predicted octanol–water partition coefficient (Wildman–Crippen LogP) is 3.03. The average molecular weight is 262 g/mol. The van der Waals surface area contributed by atoms with E-state index in [0.29, 0.717) is 5.57 Å². The van der Waals surface area contributed by atoms with Gasteiger partial charge < -0.3 is 0 Å². The second-order valence-electron chi connectivity index (χ2n) is 2.34. The third-order valence-corrected chi connectivity index (χ3v) is 1.67. The van der Waals surface area contributed by atoms with Gasteiger partial charge in [-0.25, -0.2) is 0 Å². The van der Waals surface area contributed by atoms with Gasteiger partial charge in [0.2, 0.25) is 3.79 Å². The molecule has 0 spiro atoms. The van der Waals surface area contributed by atoms with Gasteiger partial charge >= 0.3 is 0 Å². The van der Waals surface area contributed by atoms with Crippen LogP contribution in [0.3, 0.4) is 0 Å². The smallest absolute Gasteiger partial charge is 0.222 e. The van der Waals surface area contributed by atoms with E-state index in [1.807, 2.05) is 19.9 Å². The zero-order valence-corrected chi connectivity index (χ0v) is 8.88. The van der Waals surface area contributed by atoms with Crippen molar-refractivity contribution in [2.45, 2.75) is 13.8 Å². The van der Waals surface area contributed by atoms with Gasteiger partial charge in [0, 0.05) is 28.2 Å². The van der Waals surface area contributed by atoms with Crippen LogP contribution in [0.15, 0.2) is 36.0 Å². The lowest BCUT2D eigenvalue weighted by atomic mass is 10.2. The van der Waals surface area contributed by atoms with Gasteiger partial charge in [0.15, 0.2) is 0 Å². The topological polar surface area (TPSA) is 17.1 Å². The molecule has 0 radical (unpaired) electrons. The lowest BCUT2D eigenvalue weighted by Crippen LogP contribution is -1.86. The lowest BCUT2D eigenvalue weighted by molar-refractivity contribution is -0.106. The number of rotatable bonds is 3. The summed E-state index contributed by atoms with van der Waals surface area (Å²) in [5.41, 5.74) is 1.81. The van der Waals surface area contributed by atoms with Crippen molar-refractivity contribution in [1.29, 1.82) is 0 Å². The quantitative estimate of drug-likeness (QED) is 0.330. The molecule has 0 saturated carbocycles. The summed E-state index contributed by atoms with van der Waals surface area (Å²) >= 11 is 1.74. The lowest BCUT2D eigenvalue weighted by Gasteiger charge is -1.90. The first kappa shape index (κ1) is 10.6. The van der Waals surface area contributed by atoms with E-state index < -0.39 is 0 Å². The molecule has 1 nitrogen and oxygen atoms in total. The molecule has 0 fully saturated rings. The minimum absolute atomic E-state index is 0.0232. The largest absolute Gasteiger partial charge is 0.282 e. The molecule has 0 atom stereocenters. The van der Waals surface area contributed by atoms with E-state index in [0.717, 1.165) is 0 Å². The van der Waals surface area contributed by atoms with Crippen LogP contribution in [0, 0.1) is 0 Å². The van der Waals surface area contributed by atoms with Crippen molar-refractivity contribution in [3.05, 3.63) is 36.0 Å². The predicted molar refractivity (Wildman–Crippen MR) is 56.7 cm³/mol. The Labute approximate surface area is 81.0 Å². The third-order valence-electron chi connectivity index (χ3n) is 1.04. The Morgan fingerprint density at radius 1 is 1.36 bits per heavy atom. The van der Waals surface area contributed by atoms with Crippen LogP contribution in [-0.4, -0.2) is 3.79 Å². The second kappa shape index (κ2) is 5.29. The van der Waals surface area contributed by atoms with Crippen molar-refractivity contribution in [2.24, 2.45) is 0 Å². The Balaban J connectivity index is 4.50. The summed E-state index contributed by atoms with van der Waals surface area (Å²) in [5, 5.41) is 0. The van der Waals surface area contributed by atoms with Gasteiger partial charge in [0.1, 0.15) is 0 Å². The molecule has 0 aromatic heterocycles.